The van der Waals surface area contributed by atoms with E-state index in [2.05, 4.69) is 14.8 Å². The zero-order valence-corrected chi connectivity index (χ0v) is 5.49. The van der Waals surface area contributed by atoms with Crippen LogP contribution in [0.1, 0.15) is 0 Å². The molecular weight excluding hydrogens is 138 g/mol. The smallest absolute Gasteiger partial charge is 0.140 e. The van der Waals surface area contributed by atoms with Crippen LogP contribution in [0, 0.1) is 0 Å². The molecule has 0 aromatic rings. The molecule has 2 aliphatic heterocycles. The SMILES string of the molecule is C1OC1CN1COOOC1. The Bertz CT molecular complexity index is 110. The fourth-order valence-electron chi connectivity index (χ4n) is 0.830. The van der Waals surface area contributed by atoms with E-state index in [9.17, 15) is 0 Å². The second kappa shape index (κ2) is 2.81. The maximum atomic E-state index is 5.02. The third-order valence-electron chi connectivity index (χ3n) is 1.43. The molecule has 2 rings (SSSR count). The van der Waals surface area contributed by atoms with Crippen LogP contribution < -0.4 is 0 Å². The molecule has 5 nitrogen and oxygen atoms in total. The zero-order chi connectivity index (χ0) is 6.81. The molecule has 0 spiro atoms. The minimum absolute atomic E-state index is 0.380. The van der Waals surface area contributed by atoms with Crippen LogP contribution in [-0.2, 0) is 19.6 Å². The summed E-state index contributed by atoms with van der Waals surface area (Å²) in [5.74, 6) is 0. The Morgan fingerprint density at radius 1 is 1.30 bits per heavy atom. The van der Waals surface area contributed by atoms with Crippen molar-refractivity contribution < 1.29 is 19.6 Å². The van der Waals surface area contributed by atoms with E-state index in [1.165, 1.54) is 0 Å². The number of rotatable bonds is 2. The van der Waals surface area contributed by atoms with Gasteiger partial charge in [0.25, 0.3) is 0 Å². The Kier molecular flexibility index (Phi) is 1.83. The largest absolute Gasteiger partial charge is 0.372 e. The van der Waals surface area contributed by atoms with Crippen LogP contribution in [0.25, 0.3) is 0 Å². The molecule has 0 saturated carbocycles. The second-order valence-corrected chi connectivity index (χ2v) is 2.37. The van der Waals surface area contributed by atoms with Gasteiger partial charge in [-0.05, 0) is 0 Å². The van der Waals surface area contributed by atoms with Crippen molar-refractivity contribution in [2.24, 2.45) is 0 Å². The minimum atomic E-state index is 0.380. The van der Waals surface area contributed by atoms with Crippen molar-refractivity contribution in [2.45, 2.75) is 6.10 Å². The van der Waals surface area contributed by atoms with E-state index in [0.29, 0.717) is 19.6 Å². The molecule has 10 heavy (non-hydrogen) atoms. The van der Waals surface area contributed by atoms with Gasteiger partial charge in [-0.25, -0.2) is 4.90 Å². The highest BCUT2D eigenvalue weighted by Crippen LogP contribution is 2.11. The van der Waals surface area contributed by atoms with E-state index in [0.717, 1.165) is 13.2 Å². The minimum Gasteiger partial charge on any atom is -0.372 e. The molecule has 0 aromatic heterocycles. The van der Waals surface area contributed by atoms with Gasteiger partial charge >= 0.3 is 0 Å². The molecule has 0 amide bonds. The Balaban J connectivity index is 1.69. The second-order valence-electron chi connectivity index (χ2n) is 2.37. The Morgan fingerprint density at radius 2 is 2.00 bits per heavy atom. The highest BCUT2D eigenvalue weighted by molar-refractivity contribution is 4.72. The summed E-state index contributed by atoms with van der Waals surface area (Å²) in [4.78, 5) is 11.1. The van der Waals surface area contributed by atoms with E-state index in [1.54, 1.807) is 0 Å². The number of epoxide rings is 1. The van der Waals surface area contributed by atoms with Gasteiger partial charge in [-0.1, -0.05) is 5.04 Å². The summed E-state index contributed by atoms with van der Waals surface area (Å²) in [6.45, 7) is 2.64. The molecular formula is C5H9NO4. The summed E-state index contributed by atoms with van der Waals surface area (Å²) >= 11 is 0. The first-order chi connectivity index (χ1) is 4.95. The van der Waals surface area contributed by atoms with Crippen molar-refractivity contribution in [3.63, 3.8) is 0 Å². The van der Waals surface area contributed by atoms with E-state index in [4.69, 9.17) is 4.74 Å². The van der Waals surface area contributed by atoms with Gasteiger partial charge in [0.2, 0.25) is 0 Å². The summed E-state index contributed by atoms with van der Waals surface area (Å²) < 4.78 is 5.02. The standard InChI is InChI=1S/C5H9NO4/c1(5-2-7-5)6-3-8-10-9-4-6/h5H,1-4H2. The zero-order valence-electron chi connectivity index (χ0n) is 5.49. The fraction of sp³-hybridized carbons (Fsp3) is 1.00. The van der Waals surface area contributed by atoms with Gasteiger partial charge in [-0.15, -0.1) is 0 Å². The molecule has 1 atom stereocenters. The van der Waals surface area contributed by atoms with Crippen molar-refractivity contribution in [3.8, 4) is 0 Å². The summed E-state index contributed by atoms with van der Waals surface area (Å²) in [7, 11) is 0. The molecule has 0 bridgehead atoms. The highest BCUT2D eigenvalue weighted by Gasteiger charge is 2.26. The van der Waals surface area contributed by atoms with Gasteiger partial charge in [-0.3, -0.25) is 0 Å². The van der Waals surface area contributed by atoms with Crippen molar-refractivity contribution >= 4 is 0 Å². The van der Waals surface area contributed by atoms with Crippen LogP contribution in [0.4, 0.5) is 0 Å². The fourth-order valence-corrected chi connectivity index (χ4v) is 0.830. The number of ether oxygens (including phenoxy) is 1. The van der Waals surface area contributed by atoms with Crippen LogP contribution in [0.5, 0.6) is 0 Å². The van der Waals surface area contributed by atoms with Gasteiger partial charge in [0, 0.05) is 6.54 Å². The first kappa shape index (κ1) is 6.51. The van der Waals surface area contributed by atoms with Gasteiger partial charge < -0.3 is 4.74 Å². The third kappa shape index (κ3) is 1.65. The molecule has 2 heterocycles. The van der Waals surface area contributed by atoms with Crippen molar-refractivity contribution in [2.75, 3.05) is 26.6 Å². The van der Waals surface area contributed by atoms with Gasteiger partial charge in [0.1, 0.15) is 13.5 Å². The summed E-state index contributed by atoms with van der Waals surface area (Å²) in [6.07, 6.45) is 0.380. The molecule has 58 valence electrons. The summed E-state index contributed by atoms with van der Waals surface area (Å²) in [6, 6.07) is 0. The predicted octanol–water partition coefficient (Wildman–Crippen LogP) is -0.504. The maximum Gasteiger partial charge on any atom is 0.140 e. The highest BCUT2D eigenvalue weighted by atomic mass is 17.5. The predicted molar refractivity (Wildman–Crippen MR) is 29.4 cm³/mol. The molecule has 0 aliphatic carbocycles. The van der Waals surface area contributed by atoms with Gasteiger partial charge in [0.15, 0.2) is 0 Å². The van der Waals surface area contributed by atoms with Crippen molar-refractivity contribution in [1.29, 1.82) is 0 Å². The lowest BCUT2D eigenvalue weighted by Gasteiger charge is -2.22. The Hall–Kier alpha value is -0.200. The lowest BCUT2D eigenvalue weighted by atomic mass is 10.4. The molecule has 2 fully saturated rings. The topological polar surface area (TPSA) is 43.5 Å². The van der Waals surface area contributed by atoms with E-state index < -0.39 is 0 Å². The average Bonchev–Trinajstić information content (AvgIpc) is 2.74. The monoisotopic (exact) mass is 147 g/mol. The summed E-state index contributed by atoms with van der Waals surface area (Å²) in [5.41, 5.74) is 0. The Morgan fingerprint density at radius 3 is 2.60 bits per heavy atom. The first-order valence-electron chi connectivity index (χ1n) is 3.20. The molecule has 2 saturated heterocycles. The van der Waals surface area contributed by atoms with Crippen LogP contribution in [0.15, 0.2) is 0 Å². The first-order valence-corrected chi connectivity index (χ1v) is 3.20. The van der Waals surface area contributed by atoms with Crippen LogP contribution in [0.3, 0.4) is 0 Å². The number of nitrogens with zero attached hydrogens (tertiary/aromatic N) is 1. The average molecular weight is 147 g/mol. The molecule has 2 aliphatic rings. The van der Waals surface area contributed by atoms with Crippen LogP contribution in [0.2, 0.25) is 0 Å². The van der Waals surface area contributed by atoms with E-state index in [-0.39, 0.29) is 0 Å². The molecule has 5 heteroatoms. The molecule has 1 unspecified atom stereocenters. The number of hydrogen-bond donors (Lipinski definition) is 0. The van der Waals surface area contributed by atoms with Crippen molar-refractivity contribution in [1.82, 2.24) is 4.90 Å². The summed E-state index contributed by atoms with van der Waals surface area (Å²) in [5, 5.41) is 4.22. The van der Waals surface area contributed by atoms with E-state index in [1.807, 2.05) is 4.90 Å². The molecule has 0 radical (unpaired) electrons. The number of hydrogen-bond acceptors (Lipinski definition) is 5. The van der Waals surface area contributed by atoms with Crippen molar-refractivity contribution in [3.05, 3.63) is 0 Å². The quantitative estimate of drug-likeness (QED) is 0.389. The molecule has 0 aromatic carbocycles. The van der Waals surface area contributed by atoms with E-state index >= 15 is 0 Å². The maximum absolute atomic E-state index is 5.02. The van der Waals surface area contributed by atoms with Crippen LogP contribution in [-0.4, -0.2) is 37.6 Å². The van der Waals surface area contributed by atoms with Crippen LogP contribution >= 0.6 is 0 Å². The normalized spacial score (nSPS) is 34.2. The third-order valence-corrected chi connectivity index (χ3v) is 1.43. The Labute approximate surface area is 58.3 Å². The lowest BCUT2D eigenvalue weighted by molar-refractivity contribution is -0.558. The molecule has 0 N–H and O–H groups in total. The lowest BCUT2D eigenvalue weighted by Crippen LogP contribution is -2.36. The van der Waals surface area contributed by atoms with Gasteiger partial charge in [-0.2, -0.15) is 9.78 Å². The van der Waals surface area contributed by atoms with Gasteiger partial charge in [0.05, 0.1) is 12.7 Å².